The van der Waals surface area contributed by atoms with Crippen LogP contribution in [0, 0.1) is 6.92 Å². The van der Waals surface area contributed by atoms with E-state index in [9.17, 15) is 14.7 Å². The summed E-state index contributed by atoms with van der Waals surface area (Å²) in [6, 6.07) is 6.29. The van der Waals surface area contributed by atoms with Crippen molar-refractivity contribution in [3.05, 3.63) is 47.1 Å². The maximum absolute atomic E-state index is 12.4. The minimum Gasteiger partial charge on any atom is -0.479 e. The van der Waals surface area contributed by atoms with Crippen molar-refractivity contribution in [3.63, 3.8) is 0 Å². The lowest BCUT2D eigenvalue weighted by Crippen LogP contribution is -2.45. The number of carboxylic acid groups (broad SMARTS) is 1. The molecule has 0 aliphatic carbocycles. The van der Waals surface area contributed by atoms with Gasteiger partial charge in [0.05, 0.1) is 0 Å². The molecule has 1 aromatic carbocycles. The smallest absolute Gasteiger partial charge is 0.331 e. The van der Waals surface area contributed by atoms with Gasteiger partial charge in [-0.1, -0.05) is 29.4 Å². The number of carbonyl (C=O) groups is 2. The first-order chi connectivity index (χ1) is 11.6. The number of ether oxygens (including phenoxy) is 1. The van der Waals surface area contributed by atoms with Crippen molar-refractivity contribution in [1.82, 2.24) is 15.0 Å². The molecule has 1 unspecified atom stereocenters. The molecule has 1 aliphatic heterocycles. The molecule has 0 spiro atoms. The third-order valence-corrected chi connectivity index (χ3v) is 3.86. The van der Waals surface area contributed by atoms with Gasteiger partial charge in [0.2, 0.25) is 5.91 Å². The van der Waals surface area contributed by atoms with E-state index in [1.165, 1.54) is 4.90 Å². The Morgan fingerprint density at radius 3 is 2.92 bits per heavy atom. The summed E-state index contributed by atoms with van der Waals surface area (Å²) in [5, 5.41) is 13.2. The molecule has 2 aromatic rings. The zero-order valence-electron chi connectivity index (χ0n) is 13.1. The molecule has 24 heavy (non-hydrogen) atoms. The van der Waals surface area contributed by atoms with Gasteiger partial charge >= 0.3 is 5.97 Å². The number of carboxylic acids is 1. The number of benzene rings is 1. The lowest BCUT2D eigenvalue weighted by atomic mass is 9.92. The van der Waals surface area contributed by atoms with Crippen LogP contribution >= 0.6 is 0 Å². The molecule has 8 heteroatoms. The van der Waals surface area contributed by atoms with Gasteiger partial charge in [0, 0.05) is 6.54 Å². The second-order valence-corrected chi connectivity index (χ2v) is 5.50. The Bertz CT molecular complexity index is 758. The minimum atomic E-state index is -1.05. The van der Waals surface area contributed by atoms with E-state index >= 15 is 0 Å². The Balaban J connectivity index is 1.66. The third-order valence-electron chi connectivity index (χ3n) is 3.86. The molecule has 2 heterocycles. The van der Waals surface area contributed by atoms with Crippen molar-refractivity contribution in [1.29, 1.82) is 0 Å². The minimum absolute atomic E-state index is 0.00868. The van der Waals surface area contributed by atoms with E-state index in [4.69, 9.17) is 9.26 Å². The van der Waals surface area contributed by atoms with Gasteiger partial charge in [-0.25, -0.2) is 4.79 Å². The molecule has 1 aromatic heterocycles. The fourth-order valence-corrected chi connectivity index (χ4v) is 2.81. The normalized spacial score (nSPS) is 16.7. The van der Waals surface area contributed by atoms with Crippen LogP contribution in [0.4, 0.5) is 0 Å². The fraction of sp³-hybridized carbons (Fsp3) is 0.375. The number of fused-ring (bicyclic) bond motifs is 1. The molecule has 1 amide bonds. The summed E-state index contributed by atoms with van der Waals surface area (Å²) in [6.07, 6.45) is 0.620. The van der Waals surface area contributed by atoms with Crippen LogP contribution in [0.5, 0.6) is 0 Å². The second-order valence-electron chi connectivity index (χ2n) is 5.50. The van der Waals surface area contributed by atoms with Crippen LogP contribution in [0.15, 0.2) is 28.8 Å². The molecule has 0 saturated carbocycles. The SMILES string of the molecule is Cc1noc(COCC(=O)N2CCc3ccccc3C2C(=O)O)n1. The van der Waals surface area contributed by atoms with E-state index in [-0.39, 0.29) is 25.0 Å². The highest BCUT2D eigenvalue weighted by atomic mass is 16.5. The van der Waals surface area contributed by atoms with Gasteiger partial charge in [-0.2, -0.15) is 4.98 Å². The van der Waals surface area contributed by atoms with Gasteiger partial charge in [-0.15, -0.1) is 0 Å². The Hall–Kier alpha value is -2.74. The van der Waals surface area contributed by atoms with Crippen LogP contribution in [0.25, 0.3) is 0 Å². The van der Waals surface area contributed by atoms with Gasteiger partial charge < -0.3 is 19.3 Å². The molecule has 0 fully saturated rings. The number of nitrogens with zero attached hydrogens (tertiary/aromatic N) is 3. The molecular formula is C16H17N3O5. The molecule has 3 rings (SSSR count). The fourth-order valence-electron chi connectivity index (χ4n) is 2.81. The maximum Gasteiger partial charge on any atom is 0.331 e. The summed E-state index contributed by atoms with van der Waals surface area (Å²) in [4.78, 5) is 29.4. The Morgan fingerprint density at radius 2 is 2.21 bits per heavy atom. The number of hydrogen-bond acceptors (Lipinski definition) is 6. The third kappa shape index (κ3) is 3.28. The van der Waals surface area contributed by atoms with Crippen LogP contribution in [-0.4, -0.2) is 45.2 Å². The number of carbonyl (C=O) groups excluding carboxylic acids is 1. The van der Waals surface area contributed by atoms with Crippen LogP contribution in [0.2, 0.25) is 0 Å². The lowest BCUT2D eigenvalue weighted by Gasteiger charge is -2.34. The number of amides is 1. The molecule has 1 atom stereocenters. The average Bonchev–Trinajstić information content (AvgIpc) is 2.98. The molecule has 0 saturated heterocycles. The van der Waals surface area contributed by atoms with E-state index in [1.54, 1.807) is 19.1 Å². The maximum atomic E-state index is 12.4. The van der Waals surface area contributed by atoms with Crippen LogP contribution in [0.3, 0.4) is 0 Å². The molecule has 126 valence electrons. The van der Waals surface area contributed by atoms with E-state index in [1.807, 2.05) is 12.1 Å². The van der Waals surface area contributed by atoms with Gasteiger partial charge in [0.1, 0.15) is 13.2 Å². The predicted molar refractivity (Wildman–Crippen MR) is 80.9 cm³/mol. The van der Waals surface area contributed by atoms with Crippen LogP contribution in [0.1, 0.15) is 28.9 Å². The van der Waals surface area contributed by atoms with Crippen LogP contribution < -0.4 is 0 Å². The first-order valence-electron chi connectivity index (χ1n) is 7.53. The Morgan fingerprint density at radius 1 is 1.42 bits per heavy atom. The van der Waals surface area contributed by atoms with E-state index in [0.29, 0.717) is 24.4 Å². The summed E-state index contributed by atoms with van der Waals surface area (Å²) in [7, 11) is 0. The number of rotatable bonds is 5. The number of aliphatic carboxylic acids is 1. The topological polar surface area (TPSA) is 106 Å². The van der Waals surface area contributed by atoms with Crippen molar-refractivity contribution < 1.29 is 24.0 Å². The Kier molecular flexibility index (Phi) is 4.57. The highest BCUT2D eigenvalue weighted by Crippen LogP contribution is 2.30. The number of hydrogen-bond donors (Lipinski definition) is 1. The molecule has 8 nitrogen and oxygen atoms in total. The van der Waals surface area contributed by atoms with Crippen molar-refractivity contribution in [2.24, 2.45) is 0 Å². The molecule has 0 radical (unpaired) electrons. The monoisotopic (exact) mass is 331 g/mol. The summed E-state index contributed by atoms with van der Waals surface area (Å²) in [5.74, 6) is -0.672. The van der Waals surface area contributed by atoms with Crippen molar-refractivity contribution in [2.75, 3.05) is 13.2 Å². The summed E-state index contributed by atoms with van der Waals surface area (Å²) in [6.45, 7) is 1.79. The molecule has 1 N–H and O–H groups in total. The van der Waals surface area contributed by atoms with E-state index < -0.39 is 12.0 Å². The zero-order chi connectivity index (χ0) is 17.1. The standard InChI is InChI=1S/C16H17N3O5/c1-10-17-13(24-18-10)8-23-9-14(20)19-7-6-11-4-2-3-5-12(11)15(19)16(21)22/h2-5,15H,6-9H2,1H3,(H,21,22). The van der Waals surface area contributed by atoms with Gasteiger partial charge in [-0.05, 0) is 24.5 Å². The zero-order valence-corrected chi connectivity index (χ0v) is 13.1. The van der Waals surface area contributed by atoms with Crippen molar-refractivity contribution >= 4 is 11.9 Å². The summed E-state index contributed by atoms with van der Waals surface area (Å²) < 4.78 is 10.2. The summed E-state index contributed by atoms with van der Waals surface area (Å²) in [5.41, 5.74) is 1.60. The van der Waals surface area contributed by atoms with Gasteiger partial charge in [-0.3, -0.25) is 4.79 Å². The first-order valence-corrected chi connectivity index (χ1v) is 7.53. The van der Waals surface area contributed by atoms with Gasteiger partial charge in [0.15, 0.2) is 11.9 Å². The van der Waals surface area contributed by atoms with E-state index in [2.05, 4.69) is 10.1 Å². The van der Waals surface area contributed by atoms with Crippen molar-refractivity contribution in [2.45, 2.75) is 26.0 Å². The van der Waals surface area contributed by atoms with E-state index in [0.717, 1.165) is 5.56 Å². The Labute approximate surface area is 138 Å². The number of aryl methyl sites for hydroxylation is 1. The number of aromatic nitrogens is 2. The first kappa shape index (κ1) is 16.1. The predicted octanol–water partition coefficient (Wildman–Crippen LogP) is 1.11. The summed E-state index contributed by atoms with van der Waals surface area (Å²) >= 11 is 0. The van der Waals surface area contributed by atoms with Crippen LogP contribution in [-0.2, 0) is 27.4 Å². The largest absolute Gasteiger partial charge is 0.479 e. The lowest BCUT2D eigenvalue weighted by molar-refractivity contribution is -0.153. The highest BCUT2D eigenvalue weighted by Gasteiger charge is 2.35. The van der Waals surface area contributed by atoms with Gasteiger partial charge in [0.25, 0.3) is 5.89 Å². The molecule has 1 aliphatic rings. The van der Waals surface area contributed by atoms with Crippen molar-refractivity contribution in [3.8, 4) is 0 Å². The molecular weight excluding hydrogens is 314 g/mol. The quantitative estimate of drug-likeness (QED) is 0.874. The molecule has 0 bridgehead atoms. The second kappa shape index (κ2) is 6.79. The highest BCUT2D eigenvalue weighted by molar-refractivity contribution is 5.86. The average molecular weight is 331 g/mol.